The van der Waals surface area contributed by atoms with E-state index in [1.165, 1.54) is 5.56 Å². The molecule has 140 valence electrons. The highest BCUT2D eigenvalue weighted by Gasteiger charge is 2.11. The number of benzene rings is 2. The van der Waals surface area contributed by atoms with Gasteiger partial charge in [-0.3, -0.25) is 4.79 Å². The molecule has 0 bridgehead atoms. The molecule has 0 aliphatic rings. The van der Waals surface area contributed by atoms with Crippen LogP contribution in [0.1, 0.15) is 36.7 Å². The Kier molecular flexibility index (Phi) is 5.86. The van der Waals surface area contributed by atoms with Crippen molar-refractivity contribution in [2.24, 2.45) is 0 Å². The smallest absolute Gasteiger partial charge is 0.258 e. The molecule has 0 unspecified atom stereocenters. The minimum absolute atomic E-state index is 0.0385. The molecular formula is C21H23N3O3. The van der Waals surface area contributed by atoms with Gasteiger partial charge in [-0.25, -0.2) is 0 Å². The summed E-state index contributed by atoms with van der Waals surface area (Å²) < 4.78 is 10.8. The maximum absolute atomic E-state index is 12.0. The number of hydrogen-bond donors (Lipinski definition) is 1. The summed E-state index contributed by atoms with van der Waals surface area (Å²) in [4.78, 5) is 16.3. The highest BCUT2D eigenvalue weighted by molar-refractivity contribution is 5.77. The molecule has 1 amide bonds. The molecule has 0 fully saturated rings. The van der Waals surface area contributed by atoms with E-state index in [4.69, 9.17) is 9.26 Å². The van der Waals surface area contributed by atoms with Crippen LogP contribution in [0.5, 0.6) is 5.75 Å². The van der Waals surface area contributed by atoms with Crippen molar-refractivity contribution in [3.05, 3.63) is 65.5 Å². The first kappa shape index (κ1) is 18.6. The minimum atomic E-state index is -0.168. The second kappa shape index (κ2) is 8.49. The Morgan fingerprint density at radius 2 is 1.96 bits per heavy atom. The third-order valence-corrected chi connectivity index (χ3v) is 4.00. The molecule has 6 heteroatoms. The van der Waals surface area contributed by atoms with Crippen molar-refractivity contribution >= 4 is 5.91 Å². The Balaban J connectivity index is 1.50. The molecule has 0 radical (unpaired) electrons. The molecule has 1 N–H and O–H groups in total. The summed E-state index contributed by atoms with van der Waals surface area (Å²) in [5.41, 5.74) is 3.04. The maximum Gasteiger partial charge on any atom is 0.258 e. The van der Waals surface area contributed by atoms with Crippen molar-refractivity contribution in [1.82, 2.24) is 15.5 Å². The zero-order valence-electron chi connectivity index (χ0n) is 15.7. The molecule has 1 aromatic heterocycles. The second-order valence-electron chi connectivity index (χ2n) is 6.69. The molecular weight excluding hydrogens is 342 g/mol. The predicted molar refractivity (Wildman–Crippen MR) is 102 cm³/mol. The largest absolute Gasteiger partial charge is 0.484 e. The van der Waals surface area contributed by atoms with Crippen LogP contribution in [0.15, 0.2) is 53.1 Å². The van der Waals surface area contributed by atoms with E-state index in [-0.39, 0.29) is 18.4 Å². The zero-order chi connectivity index (χ0) is 19.2. The molecule has 0 saturated heterocycles. The summed E-state index contributed by atoms with van der Waals surface area (Å²) in [6.45, 7) is 6.49. The number of ether oxygens (including phenoxy) is 1. The van der Waals surface area contributed by atoms with Crippen LogP contribution in [0, 0.1) is 6.92 Å². The van der Waals surface area contributed by atoms with Crippen molar-refractivity contribution in [2.45, 2.75) is 33.2 Å². The molecule has 27 heavy (non-hydrogen) atoms. The molecule has 6 nitrogen and oxygen atoms in total. The number of nitrogens with zero attached hydrogens (tertiary/aromatic N) is 2. The number of aryl methyl sites for hydroxylation is 1. The minimum Gasteiger partial charge on any atom is -0.484 e. The summed E-state index contributed by atoms with van der Waals surface area (Å²) in [6, 6.07) is 15.2. The molecule has 1 heterocycles. The summed E-state index contributed by atoms with van der Waals surface area (Å²) in [5.74, 6) is 1.80. The lowest BCUT2D eigenvalue weighted by Crippen LogP contribution is -2.28. The van der Waals surface area contributed by atoms with Crippen molar-refractivity contribution in [1.29, 1.82) is 0 Å². The Morgan fingerprint density at radius 1 is 1.19 bits per heavy atom. The SMILES string of the molecule is Cc1cccc(CNC(=O)COc2ccc(-c3nc(C(C)C)no3)cc2)c1. The summed E-state index contributed by atoms with van der Waals surface area (Å²) >= 11 is 0. The van der Waals surface area contributed by atoms with Gasteiger partial charge in [0.2, 0.25) is 0 Å². The highest BCUT2D eigenvalue weighted by Crippen LogP contribution is 2.22. The van der Waals surface area contributed by atoms with Gasteiger partial charge < -0.3 is 14.6 Å². The van der Waals surface area contributed by atoms with Crippen LogP contribution >= 0.6 is 0 Å². The molecule has 3 aromatic rings. The fourth-order valence-corrected chi connectivity index (χ4v) is 2.50. The Morgan fingerprint density at radius 3 is 2.63 bits per heavy atom. The van der Waals surface area contributed by atoms with Crippen molar-refractivity contribution < 1.29 is 14.1 Å². The first-order chi connectivity index (χ1) is 13.0. The van der Waals surface area contributed by atoms with Crippen LogP contribution < -0.4 is 10.1 Å². The highest BCUT2D eigenvalue weighted by atomic mass is 16.5. The van der Waals surface area contributed by atoms with E-state index in [2.05, 4.69) is 15.5 Å². The maximum atomic E-state index is 12.0. The van der Waals surface area contributed by atoms with Crippen LogP contribution in [0.4, 0.5) is 0 Å². The quantitative estimate of drug-likeness (QED) is 0.688. The second-order valence-corrected chi connectivity index (χ2v) is 6.69. The van der Waals surface area contributed by atoms with Gasteiger partial charge >= 0.3 is 0 Å². The number of nitrogens with one attached hydrogen (secondary N) is 1. The van der Waals surface area contributed by atoms with Gasteiger partial charge in [-0.2, -0.15) is 4.98 Å². The fraction of sp³-hybridized carbons (Fsp3) is 0.286. The average molecular weight is 365 g/mol. The average Bonchev–Trinajstić information content (AvgIpc) is 3.16. The van der Waals surface area contributed by atoms with Gasteiger partial charge in [0.1, 0.15) is 5.75 Å². The molecule has 0 aliphatic heterocycles. The van der Waals surface area contributed by atoms with Gasteiger partial charge in [0, 0.05) is 18.0 Å². The summed E-state index contributed by atoms with van der Waals surface area (Å²) in [5, 5.41) is 6.80. The normalized spacial score (nSPS) is 10.8. The molecule has 0 atom stereocenters. The van der Waals surface area contributed by atoms with Crippen LogP contribution in [0.2, 0.25) is 0 Å². The fourth-order valence-electron chi connectivity index (χ4n) is 2.50. The number of carbonyl (C=O) groups is 1. The molecule has 2 aromatic carbocycles. The lowest BCUT2D eigenvalue weighted by atomic mass is 10.1. The lowest BCUT2D eigenvalue weighted by molar-refractivity contribution is -0.123. The molecule has 0 spiro atoms. The van der Waals surface area contributed by atoms with Crippen molar-refractivity contribution in [3.8, 4) is 17.2 Å². The Labute approximate surface area is 158 Å². The topological polar surface area (TPSA) is 77.2 Å². The lowest BCUT2D eigenvalue weighted by Gasteiger charge is -2.08. The van der Waals surface area contributed by atoms with E-state index < -0.39 is 0 Å². The van der Waals surface area contributed by atoms with E-state index in [0.717, 1.165) is 11.1 Å². The van der Waals surface area contributed by atoms with E-state index in [9.17, 15) is 4.79 Å². The Bertz CT molecular complexity index is 901. The van der Waals surface area contributed by atoms with Crippen molar-refractivity contribution in [2.75, 3.05) is 6.61 Å². The number of hydrogen-bond acceptors (Lipinski definition) is 5. The van der Waals surface area contributed by atoms with Crippen LogP contribution in [-0.4, -0.2) is 22.7 Å². The summed E-state index contributed by atoms with van der Waals surface area (Å²) in [6.07, 6.45) is 0. The van der Waals surface area contributed by atoms with Crippen molar-refractivity contribution in [3.63, 3.8) is 0 Å². The predicted octanol–water partition coefficient (Wildman–Crippen LogP) is 3.86. The van der Waals surface area contributed by atoms with E-state index in [0.29, 0.717) is 24.0 Å². The monoisotopic (exact) mass is 365 g/mol. The Hall–Kier alpha value is -3.15. The van der Waals surface area contributed by atoms with Gasteiger partial charge in [-0.05, 0) is 36.8 Å². The van der Waals surface area contributed by atoms with Gasteiger partial charge in [0.05, 0.1) is 0 Å². The van der Waals surface area contributed by atoms with Gasteiger partial charge in [0.15, 0.2) is 12.4 Å². The van der Waals surface area contributed by atoms with Gasteiger partial charge in [-0.15, -0.1) is 0 Å². The van der Waals surface area contributed by atoms with E-state index >= 15 is 0 Å². The van der Waals surface area contributed by atoms with Crippen LogP contribution in [-0.2, 0) is 11.3 Å². The number of aromatic nitrogens is 2. The molecule has 0 saturated carbocycles. The van der Waals surface area contributed by atoms with Gasteiger partial charge in [-0.1, -0.05) is 48.8 Å². The van der Waals surface area contributed by atoms with Crippen LogP contribution in [0.3, 0.4) is 0 Å². The standard InChI is InChI=1S/C21H23N3O3/c1-14(2)20-23-21(27-24-20)17-7-9-18(10-8-17)26-13-19(25)22-12-16-6-4-5-15(3)11-16/h4-11,14H,12-13H2,1-3H3,(H,22,25). The number of carbonyl (C=O) groups excluding carboxylic acids is 1. The molecule has 3 rings (SSSR count). The van der Waals surface area contributed by atoms with E-state index in [1.807, 2.05) is 57.2 Å². The van der Waals surface area contributed by atoms with E-state index in [1.54, 1.807) is 12.1 Å². The van der Waals surface area contributed by atoms with Crippen LogP contribution in [0.25, 0.3) is 11.5 Å². The first-order valence-corrected chi connectivity index (χ1v) is 8.90. The molecule has 0 aliphatic carbocycles. The third kappa shape index (κ3) is 5.17. The first-order valence-electron chi connectivity index (χ1n) is 8.90. The number of rotatable bonds is 7. The third-order valence-electron chi connectivity index (χ3n) is 4.00. The zero-order valence-corrected chi connectivity index (χ0v) is 15.7. The number of amides is 1. The summed E-state index contributed by atoms with van der Waals surface area (Å²) in [7, 11) is 0. The van der Waals surface area contributed by atoms with Gasteiger partial charge in [0.25, 0.3) is 11.8 Å².